The molecular weight excluding hydrogens is 347 g/mol. The fourth-order valence-electron chi connectivity index (χ4n) is 1.77. The normalized spacial score (nSPS) is 10.5. The predicted octanol–water partition coefficient (Wildman–Crippen LogP) is 1.89. The van der Waals surface area contributed by atoms with Crippen LogP contribution in [0.25, 0.3) is 0 Å². The quantitative estimate of drug-likeness (QED) is 0.194. The number of phosphoric ester groups is 1. The lowest BCUT2D eigenvalue weighted by atomic mass is 10.1. The molecule has 0 aromatic carbocycles. The third-order valence-electron chi connectivity index (χ3n) is 3.02. The first-order chi connectivity index (χ1) is 11.9. The number of nitrogens with two attached hydrogens (primary N) is 2. The summed E-state index contributed by atoms with van der Waals surface area (Å²) in [6.07, 6.45) is 12.0. The maximum Gasteiger partial charge on any atom is 0.469 e. The smallest absolute Gasteiger partial charge is 0.395 e. The Kier molecular flexibility index (Phi) is 31.1. The molecule has 156 valence electrons. The second-order valence-corrected chi connectivity index (χ2v) is 6.77. The Hall–Kier alpha value is -0.0500. The monoisotopic (exact) mass is 388 g/mol. The van der Waals surface area contributed by atoms with Gasteiger partial charge in [-0.25, -0.2) is 4.57 Å². The van der Waals surface area contributed by atoms with E-state index >= 15 is 0 Å². The second-order valence-electron chi connectivity index (χ2n) is 5.53. The first kappa shape index (κ1) is 29.7. The summed E-state index contributed by atoms with van der Waals surface area (Å²) in [7, 11) is -4.24. The van der Waals surface area contributed by atoms with E-state index in [0.717, 1.165) is 19.3 Å². The Morgan fingerprint density at radius 1 is 0.760 bits per heavy atom. The molecule has 9 heteroatoms. The molecule has 0 heterocycles. The van der Waals surface area contributed by atoms with Crippen LogP contribution in [-0.4, -0.2) is 52.9 Å². The van der Waals surface area contributed by atoms with E-state index in [0.29, 0.717) is 13.1 Å². The van der Waals surface area contributed by atoms with Crippen molar-refractivity contribution in [1.82, 2.24) is 0 Å². The largest absolute Gasteiger partial charge is 0.469 e. The minimum absolute atomic E-state index is 0.0972. The van der Waals surface area contributed by atoms with Gasteiger partial charge in [-0.1, -0.05) is 64.7 Å². The van der Waals surface area contributed by atoms with Gasteiger partial charge >= 0.3 is 7.82 Å². The van der Waals surface area contributed by atoms with E-state index in [4.69, 9.17) is 31.5 Å². The van der Waals surface area contributed by atoms with Crippen LogP contribution in [0.1, 0.15) is 71.1 Å². The van der Waals surface area contributed by atoms with Crippen molar-refractivity contribution in [3.63, 3.8) is 0 Å². The summed E-state index contributed by atoms with van der Waals surface area (Å²) in [6.45, 7) is 3.33. The standard InChI is InChI=1S/C12H27O4P.2C2H7NO/c1-2-3-4-5-6-7-8-9-10-11-12-16-17(13,14)15;2*3-1-2-4/h2-12H2,1H3,(H2,13,14,15);2*4H,1-3H2. The number of hydrogen-bond acceptors (Lipinski definition) is 6. The SMILES string of the molecule is CCCCCCCCCCCCOP(=O)(O)O.NCCO.NCCO. The van der Waals surface area contributed by atoms with E-state index in [9.17, 15) is 4.57 Å². The molecule has 0 aromatic rings. The Morgan fingerprint density at radius 2 is 1.08 bits per heavy atom. The summed E-state index contributed by atoms with van der Waals surface area (Å²) < 4.78 is 14.7. The maximum absolute atomic E-state index is 10.4. The van der Waals surface area contributed by atoms with Gasteiger partial charge in [-0.05, 0) is 6.42 Å². The van der Waals surface area contributed by atoms with Crippen molar-refractivity contribution in [2.24, 2.45) is 11.5 Å². The molecule has 8 nitrogen and oxygen atoms in total. The van der Waals surface area contributed by atoms with Gasteiger partial charge < -0.3 is 31.5 Å². The first-order valence-electron chi connectivity index (χ1n) is 9.21. The number of unbranched alkanes of at least 4 members (excludes halogenated alkanes) is 9. The van der Waals surface area contributed by atoms with Crippen LogP contribution in [0.5, 0.6) is 0 Å². The van der Waals surface area contributed by atoms with E-state index in [2.05, 4.69) is 11.4 Å². The van der Waals surface area contributed by atoms with Crippen molar-refractivity contribution in [2.75, 3.05) is 32.9 Å². The molecule has 0 amide bonds. The third-order valence-corrected chi connectivity index (χ3v) is 3.53. The van der Waals surface area contributed by atoms with E-state index in [-0.39, 0.29) is 19.8 Å². The summed E-state index contributed by atoms with van der Waals surface area (Å²) >= 11 is 0. The number of rotatable bonds is 14. The van der Waals surface area contributed by atoms with Gasteiger partial charge in [0.2, 0.25) is 0 Å². The highest BCUT2D eigenvalue weighted by atomic mass is 31.2. The van der Waals surface area contributed by atoms with Crippen LogP contribution in [-0.2, 0) is 9.09 Å². The average Bonchev–Trinajstić information content (AvgIpc) is 2.59. The molecule has 25 heavy (non-hydrogen) atoms. The Bertz CT molecular complexity index is 259. The van der Waals surface area contributed by atoms with Crippen molar-refractivity contribution in [1.29, 1.82) is 0 Å². The number of aliphatic hydroxyl groups excluding tert-OH is 2. The van der Waals surface area contributed by atoms with E-state index in [1.165, 1.54) is 44.9 Å². The number of aliphatic hydroxyl groups is 2. The molecule has 0 saturated carbocycles. The van der Waals surface area contributed by atoms with Gasteiger partial charge in [-0.3, -0.25) is 4.52 Å². The summed E-state index contributed by atoms with van der Waals surface area (Å²) in [5, 5.41) is 15.5. The summed E-state index contributed by atoms with van der Waals surface area (Å²) in [4.78, 5) is 16.9. The van der Waals surface area contributed by atoms with Gasteiger partial charge in [-0.15, -0.1) is 0 Å². The molecule has 0 fully saturated rings. The van der Waals surface area contributed by atoms with Crippen molar-refractivity contribution in [3.8, 4) is 0 Å². The van der Waals surface area contributed by atoms with Crippen LogP contribution in [0.2, 0.25) is 0 Å². The lowest BCUT2D eigenvalue weighted by Gasteiger charge is -2.05. The molecule has 0 aromatic heterocycles. The van der Waals surface area contributed by atoms with Crippen LogP contribution in [0, 0.1) is 0 Å². The van der Waals surface area contributed by atoms with Gasteiger partial charge in [0.1, 0.15) is 0 Å². The molecule has 0 aliphatic rings. The fraction of sp³-hybridized carbons (Fsp3) is 1.00. The summed E-state index contributed by atoms with van der Waals surface area (Å²) in [6, 6.07) is 0. The lowest BCUT2D eigenvalue weighted by Crippen LogP contribution is -2.02. The molecule has 0 aliphatic heterocycles. The van der Waals surface area contributed by atoms with Crippen LogP contribution in [0.3, 0.4) is 0 Å². The van der Waals surface area contributed by atoms with Crippen molar-refractivity contribution >= 4 is 7.82 Å². The second kappa shape index (κ2) is 26.2. The highest BCUT2D eigenvalue weighted by molar-refractivity contribution is 7.46. The Labute approximate surface area is 153 Å². The minimum atomic E-state index is -4.24. The molecule has 0 unspecified atom stereocenters. The zero-order valence-corrected chi connectivity index (χ0v) is 16.7. The lowest BCUT2D eigenvalue weighted by molar-refractivity contribution is 0.193. The van der Waals surface area contributed by atoms with Crippen molar-refractivity contribution in [2.45, 2.75) is 71.1 Å². The van der Waals surface area contributed by atoms with Gasteiger partial charge in [0.25, 0.3) is 0 Å². The molecule has 0 saturated heterocycles. The molecule has 0 rings (SSSR count). The Morgan fingerprint density at radius 3 is 1.36 bits per heavy atom. The molecular formula is C16H41N2O6P. The zero-order valence-electron chi connectivity index (χ0n) is 15.8. The van der Waals surface area contributed by atoms with Crippen LogP contribution >= 0.6 is 7.82 Å². The maximum atomic E-state index is 10.4. The van der Waals surface area contributed by atoms with Gasteiger partial charge in [0.05, 0.1) is 19.8 Å². The average molecular weight is 388 g/mol. The molecule has 0 atom stereocenters. The van der Waals surface area contributed by atoms with E-state index < -0.39 is 7.82 Å². The minimum Gasteiger partial charge on any atom is -0.395 e. The predicted molar refractivity (Wildman–Crippen MR) is 102 cm³/mol. The van der Waals surface area contributed by atoms with E-state index in [1.54, 1.807) is 0 Å². The molecule has 0 radical (unpaired) electrons. The number of phosphoric acid groups is 1. The topological polar surface area (TPSA) is 159 Å². The van der Waals surface area contributed by atoms with Gasteiger partial charge in [0, 0.05) is 13.1 Å². The van der Waals surface area contributed by atoms with Crippen LogP contribution in [0.15, 0.2) is 0 Å². The van der Waals surface area contributed by atoms with Crippen LogP contribution < -0.4 is 11.5 Å². The molecule has 0 aliphatic carbocycles. The van der Waals surface area contributed by atoms with Crippen LogP contribution in [0.4, 0.5) is 0 Å². The summed E-state index contributed by atoms with van der Waals surface area (Å²) in [5.74, 6) is 0. The highest BCUT2D eigenvalue weighted by Gasteiger charge is 2.12. The fourth-order valence-corrected chi connectivity index (χ4v) is 2.14. The Balaban J connectivity index is -0.000000503. The highest BCUT2D eigenvalue weighted by Crippen LogP contribution is 2.35. The zero-order chi connectivity index (χ0) is 19.8. The van der Waals surface area contributed by atoms with Crippen molar-refractivity contribution in [3.05, 3.63) is 0 Å². The first-order valence-corrected chi connectivity index (χ1v) is 10.7. The molecule has 0 spiro atoms. The number of hydrogen-bond donors (Lipinski definition) is 6. The van der Waals surface area contributed by atoms with Gasteiger partial charge in [0.15, 0.2) is 0 Å². The third kappa shape index (κ3) is 45.4. The molecule has 0 bridgehead atoms. The van der Waals surface area contributed by atoms with E-state index in [1.807, 2.05) is 0 Å². The molecule has 8 N–H and O–H groups in total. The van der Waals surface area contributed by atoms with Crippen molar-refractivity contribution < 1.29 is 29.1 Å². The van der Waals surface area contributed by atoms with Gasteiger partial charge in [-0.2, -0.15) is 0 Å². The summed E-state index contributed by atoms with van der Waals surface area (Å²) in [5.41, 5.74) is 9.56.